The summed E-state index contributed by atoms with van der Waals surface area (Å²) >= 11 is 2.90. The van der Waals surface area contributed by atoms with Gasteiger partial charge >= 0.3 is 0 Å². The minimum absolute atomic E-state index is 0.0282. The number of aliphatic hydroxyl groups excluding tert-OH is 1. The summed E-state index contributed by atoms with van der Waals surface area (Å²) in [6, 6.07) is -7.29. The second-order valence-electron chi connectivity index (χ2n) is 15.4. The first-order chi connectivity index (χ1) is 28.7. The zero-order valence-electron chi connectivity index (χ0n) is 36.5. The summed E-state index contributed by atoms with van der Waals surface area (Å²) in [5.74, 6) is -4.66. The fraction of sp³-hybridized carbons (Fsp3) is 0.763. The summed E-state index contributed by atoms with van der Waals surface area (Å²) < 4.78 is 0. The van der Waals surface area contributed by atoms with Crippen molar-refractivity contribution in [1.29, 1.82) is 0 Å². The average Bonchev–Trinajstić information content (AvgIpc) is 3.72. The maximum Gasteiger partial charge on any atom is 0.300 e. The molecule has 0 spiro atoms. The predicted octanol–water partition coefficient (Wildman–Crippen LogP) is -2.13. The summed E-state index contributed by atoms with van der Waals surface area (Å²) in [7, 11) is 0. The van der Waals surface area contributed by atoms with Crippen molar-refractivity contribution in [3.05, 3.63) is 0 Å². The number of nitrogens with one attached hydrogen (secondary N) is 7. The zero-order chi connectivity index (χ0) is 46.7. The highest BCUT2D eigenvalue weighted by molar-refractivity contribution is 7.98. The number of hydrogen-bond acceptors (Lipinski definition) is 13. The van der Waals surface area contributed by atoms with Crippen molar-refractivity contribution in [3.8, 4) is 0 Å². The third-order valence-corrected chi connectivity index (χ3v) is 10.3. The molecule has 350 valence electrons. The number of aliphatic carboxylic acids is 1. The van der Waals surface area contributed by atoms with E-state index in [1.165, 1.54) is 23.5 Å². The topological polar surface area (TPSA) is 352 Å². The van der Waals surface area contributed by atoms with E-state index in [9.17, 15) is 38.7 Å². The number of carbonyl (C=O) groups excluding carboxylic acids is 7. The molecular weight excluding hydrogens is 835 g/mol. The fourth-order valence-corrected chi connectivity index (χ4v) is 6.88. The smallest absolute Gasteiger partial charge is 0.300 e. The molecule has 0 aromatic rings. The van der Waals surface area contributed by atoms with Crippen LogP contribution in [-0.2, 0) is 38.4 Å². The molecule has 0 aromatic carbocycles. The molecule has 1 rings (SSSR count). The summed E-state index contributed by atoms with van der Waals surface area (Å²) in [5, 5.41) is 36.6. The van der Waals surface area contributed by atoms with Gasteiger partial charge in [-0.05, 0) is 93.8 Å². The molecular formula is C38H71N11O10S2. The molecule has 0 radical (unpaired) electrons. The van der Waals surface area contributed by atoms with E-state index in [0.717, 1.165) is 13.3 Å². The number of carbonyl (C=O) groups is 8. The number of amides is 7. The summed E-state index contributed by atoms with van der Waals surface area (Å²) in [6.07, 6.45) is 6.38. The molecule has 7 unspecified atom stereocenters. The van der Waals surface area contributed by atoms with E-state index in [4.69, 9.17) is 27.1 Å². The molecule has 15 N–H and O–H groups in total. The van der Waals surface area contributed by atoms with Crippen LogP contribution in [0.2, 0.25) is 0 Å². The highest BCUT2D eigenvalue weighted by atomic mass is 32.2. The highest BCUT2D eigenvalue weighted by Gasteiger charge is 2.34. The van der Waals surface area contributed by atoms with Gasteiger partial charge in [0.05, 0.1) is 12.6 Å². The number of nitrogens with zero attached hydrogens (tertiary/aromatic N) is 1. The van der Waals surface area contributed by atoms with E-state index in [1.807, 2.05) is 40.2 Å². The molecule has 1 fully saturated rings. The largest absolute Gasteiger partial charge is 0.481 e. The number of aliphatic hydroxyl groups is 1. The number of aliphatic imine (C=N–C) groups is 1. The second kappa shape index (κ2) is 31.5. The number of hydrogen-bond donors (Lipinski definition) is 12. The van der Waals surface area contributed by atoms with Gasteiger partial charge in [0, 0.05) is 13.5 Å². The molecule has 23 heteroatoms. The van der Waals surface area contributed by atoms with Crippen molar-refractivity contribution in [1.82, 2.24) is 37.2 Å². The van der Waals surface area contributed by atoms with Crippen LogP contribution in [0.1, 0.15) is 86.0 Å². The van der Waals surface area contributed by atoms with Gasteiger partial charge in [0.25, 0.3) is 5.97 Å². The predicted molar refractivity (Wildman–Crippen MR) is 237 cm³/mol. The number of guanidine groups is 1. The maximum atomic E-state index is 13.8. The van der Waals surface area contributed by atoms with Crippen LogP contribution in [-0.4, -0.2) is 149 Å². The van der Waals surface area contributed by atoms with Gasteiger partial charge in [-0.3, -0.25) is 43.3 Å². The first kappa shape index (κ1) is 56.6. The Labute approximate surface area is 367 Å². The average molecular weight is 906 g/mol. The number of carboxylic acids is 1. The minimum Gasteiger partial charge on any atom is -0.481 e. The summed E-state index contributed by atoms with van der Waals surface area (Å²) in [6.45, 7) is 8.57. The Morgan fingerprint density at radius 1 is 0.672 bits per heavy atom. The lowest BCUT2D eigenvalue weighted by Crippen LogP contribution is -2.60. The van der Waals surface area contributed by atoms with Gasteiger partial charge in [0.1, 0.15) is 36.3 Å². The maximum absolute atomic E-state index is 13.8. The Balaban J connectivity index is 0.00000858. The van der Waals surface area contributed by atoms with Gasteiger partial charge in [-0.2, -0.15) is 23.5 Å². The van der Waals surface area contributed by atoms with Crippen LogP contribution in [0.4, 0.5) is 0 Å². The second-order valence-corrected chi connectivity index (χ2v) is 17.4. The Bertz CT molecular complexity index is 1440. The standard InChI is InChI=1S/C36H67N11O8S2.C2H4O2/c1-20(2)17-26(29(37)49)45-31(51)23(10-8-14-41-36(38)39)42-34(54)27(18-21(3)4)46-32(52)24(11-15-56-5)44-35(55)28(19-48)47-33(53)25(12-16-57-6)43-30(50)22-9-7-13-40-22;1-2(3)4/h20-28,40,48H,7-19H2,1-6H3,(H2,37,49)(H,42,54)(H,43,50)(H,44,55)(H,45,51)(H,46,52)(H,47,53)(H4,38,39,41);1H3,(H,3,4). The Kier molecular flexibility index (Phi) is 29.2. The monoisotopic (exact) mass is 905 g/mol. The molecule has 0 aromatic heterocycles. The number of carboxylic acid groups (broad SMARTS) is 1. The van der Waals surface area contributed by atoms with Crippen LogP contribution in [0.5, 0.6) is 0 Å². The van der Waals surface area contributed by atoms with Gasteiger partial charge in [0.15, 0.2) is 5.96 Å². The molecule has 0 bridgehead atoms. The normalized spacial score (nSPS) is 16.3. The number of thioether (sulfide) groups is 2. The lowest BCUT2D eigenvalue weighted by Gasteiger charge is -2.28. The third kappa shape index (κ3) is 25.2. The first-order valence-corrected chi connectivity index (χ1v) is 23.1. The van der Waals surface area contributed by atoms with E-state index in [1.54, 1.807) is 0 Å². The van der Waals surface area contributed by atoms with Gasteiger partial charge in [-0.25, -0.2) is 0 Å². The fourth-order valence-electron chi connectivity index (χ4n) is 5.94. The van der Waals surface area contributed by atoms with Crippen molar-refractivity contribution in [2.75, 3.05) is 43.7 Å². The number of primary amides is 1. The molecule has 21 nitrogen and oxygen atoms in total. The minimum atomic E-state index is -1.45. The molecule has 61 heavy (non-hydrogen) atoms. The third-order valence-electron chi connectivity index (χ3n) is 8.97. The van der Waals surface area contributed by atoms with Crippen molar-refractivity contribution in [2.24, 2.45) is 34.0 Å². The van der Waals surface area contributed by atoms with Crippen molar-refractivity contribution >= 4 is 76.8 Å². The van der Waals surface area contributed by atoms with Gasteiger partial charge in [0.2, 0.25) is 41.4 Å². The van der Waals surface area contributed by atoms with Gasteiger partial charge < -0.3 is 64.6 Å². The lowest BCUT2D eigenvalue weighted by atomic mass is 10.0. The van der Waals surface area contributed by atoms with Crippen molar-refractivity contribution < 1.29 is 48.6 Å². The first-order valence-electron chi connectivity index (χ1n) is 20.4. The Morgan fingerprint density at radius 2 is 1.08 bits per heavy atom. The van der Waals surface area contributed by atoms with E-state index >= 15 is 0 Å². The van der Waals surface area contributed by atoms with Crippen LogP contribution in [0.25, 0.3) is 0 Å². The van der Waals surface area contributed by atoms with E-state index in [2.05, 4.69) is 42.2 Å². The van der Waals surface area contributed by atoms with Crippen molar-refractivity contribution in [3.63, 3.8) is 0 Å². The Morgan fingerprint density at radius 3 is 1.51 bits per heavy atom. The van der Waals surface area contributed by atoms with Crippen LogP contribution >= 0.6 is 23.5 Å². The lowest BCUT2D eigenvalue weighted by molar-refractivity contribution is -0.136. The van der Waals surface area contributed by atoms with Crippen molar-refractivity contribution in [2.45, 2.75) is 128 Å². The van der Waals surface area contributed by atoms with Crippen LogP contribution in [0, 0.1) is 11.8 Å². The molecule has 1 aliphatic heterocycles. The molecule has 0 saturated carbocycles. The molecule has 7 atom stereocenters. The van der Waals surface area contributed by atoms with Gasteiger partial charge in [-0.1, -0.05) is 27.7 Å². The van der Waals surface area contributed by atoms with E-state index < -0.39 is 90.3 Å². The van der Waals surface area contributed by atoms with E-state index in [-0.39, 0.29) is 68.8 Å². The van der Waals surface area contributed by atoms with Crippen LogP contribution in [0.15, 0.2) is 4.99 Å². The number of rotatable bonds is 28. The SMILES string of the molecule is CC(=O)O.CSCCC(NC(=O)C1CCCN1)C(=O)NC(CO)C(=O)NC(CCSC)C(=O)NC(CC(C)C)C(=O)NC(CCCN=C(N)N)C(=O)NC(CC(C)C)C(N)=O. The van der Waals surface area contributed by atoms with Crippen LogP contribution in [0.3, 0.4) is 0 Å². The molecule has 7 amide bonds. The summed E-state index contributed by atoms with van der Waals surface area (Å²) in [5.41, 5.74) is 16.4. The Hall–Kier alpha value is -4.35. The van der Waals surface area contributed by atoms with E-state index in [0.29, 0.717) is 24.5 Å². The van der Waals surface area contributed by atoms with Crippen LogP contribution < -0.4 is 54.4 Å². The van der Waals surface area contributed by atoms with Gasteiger partial charge in [-0.15, -0.1) is 0 Å². The summed E-state index contributed by atoms with van der Waals surface area (Å²) in [4.78, 5) is 106. The molecule has 1 aliphatic rings. The number of nitrogens with two attached hydrogens (primary N) is 3. The quantitative estimate of drug-likeness (QED) is 0.0227. The molecule has 1 heterocycles. The highest BCUT2D eigenvalue weighted by Crippen LogP contribution is 2.12. The molecule has 1 saturated heterocycles. The zero-order valence-corrected chi connectivity index (χ0v) is 38.2. The molecule has 0 aliphatic carbocycles.